The Balaban J connectivity index is 1.72. The molecule has 33 heavy (non-hydrogen) atoms. The second-order valence-electron chi connectivity index (χ2n) is 8.45. The summed E-state index contributed by atoms with van der Waals surface area (Å²) in [6, 6.07) is 4.81. The normalized spacial score (nSPS) is 22.5. The summed E-state index contributed by atoms with van der Waals surface area (Å²) < 4.78 is 38.6. The molecule has 2 amide bonds. The molecule has 5 nitrogen and oxygen atoms in total. The number of amides is 2. The second-order valence-corrected chi connectivity index (χ2v) is 9.73. The van der Waals surface area contributed by atoms with Crippen molar-refractivity contribution in [1.82, 2.24) is 15.1 Å². The van der Waals surface area contributed by atoms with Crippen LogP contribution in [0.5, 0.6) is 0 Å². The van der Waals surface area contributed by atoms with Crippen LogP contribution < -0.4 is 5.32 Å². The molecule has 1 aromatic rings. The molecule has 182 valence electrons. The summed E-state index contributed by atoms with van der Waals surface area (Å²) in [6.07, 6.45) is 1.15. The minimum atomic E-state index is -4.40. The number of hydrogen-bond acceptors (Lipinski definition) is 4. The van der Waals surface area contributed by atoms with Gasteiger partial charge in [-0.25, -0.2) is 0 Å². The topological polar surface area (TPSA) is 52.7 Å². The van der Waals surface area contributed by atoms with Gasteiger partial charge in [-0.1, -0.05) is 38.8 Å². The minimum Gasteiger partial charge on any atom is -0.353 e. The zero-order chi connectivity index (χ0) is 24.0. The first-order valence-corrected chi connectivity index (χ1v) is 12.5. The molecule has 0 aromatic heterocycles. The van der Waals surface area contributed by atoms with E-state index in [1.807, 2.05) is 0 Å². The largest absolute Gasteiger partial charge is 0.416 e. The van der Waals surface area contributed by atoms with Gasteiger partial charge in [0.1, 0.15) is 6.54 Å². The lowest BCUT2D eigenvalue weighted by Crippen LogP contribution is -2.54. The number of likely N-dealkylation sites (N-methyl/N-ethyl adjacent to an activating group) is 1. The monoisotopic (exact) mass is 483 g/mol. The summed E-state index contributed by atoms with van der Waals surface area (Å²) in [5, 5.41) is 3.12. The molecule has 2 fully saturated rings. The fraction of sp³-hybridized carbons (Fsp3) is 0.583. The van der Waals surface area contributed by atoms with E-state index in [1.165, 1.54) is 23.9 Å². The van der Waals surface area contributed by atoms with E-state index in [4.69, 9.17) is 0 Å². The van der Waals surface area contributed by atoms with E-state index >= 15 is 0 Å². The number of alkyl halides is 3. The fourth-order valence-corrected chi connectivity index (χ4v) is 5.86. The molecule has 1 N–H and O–H groups in total. The smallest absolute Gasteiger partial charge is 0.353 e. The molecule has 1 heterocycles. The van der Waals surface area contributed by atoms with Crippen LogP contribution in [-0.4, -0.2) is 65.6 Å². The summed E-state index contributed by atoms with van der Waals surface area (Å²) >= 11 is 1.50. The van der Waals surface area contributed by atoms with Gasteiger partial charge in [-0.05, 0) is 49.7 Å². The zero-order valence-electron chi connectivity index (χ0n) is 19.2. The van der Waals surface area contributed by atoms with Crippen molar-refractivity contribution < 1.29 is 22.8 Å². The highest BCUT2D eigenvalue weighted by atomic mass is 32.2. The molecule has 2 aliphatic rings. The van der Waals surface area contributed by atoms with Crippen LogP contribution in [0.25, 0.3) is 6.08 Å². The van der Waals surface area contributed by atoms with E-state index in [0.29, 0.717) is 17.0 Å². The first-order chi connectivity index (χ1) is 15.7. The predicted molar refractivity (Wildman–Crippen MR) is 126 cm³/mol. The summed E-state index contributed by atoms with van der Waals surface area (Å²) in [4.78, 5) is 30.3. The highest BCUT2D eigenvalue weighted by molar-refractivity contribution is 8.04. The Labute approximate surface area is 197 Å². The van der Waals surface area contributed by atoms with Crippen LogP contribution in [-0.2, 0) is 15.8 Å². The van der Waals surface area contributed by atoms with Crippen molar-refractivity contribution >= 4 is 29.7 Å². The average molecular weight is 484 g/mol. The third kappa shape index (κ3) is 6.76. The van der Waals surface area contributed by atoms with Crippen LogP contribution in [0.2, 0.25) is 0 Å². The van der Waals surface area contributed by atoms with Crippen LogP contribution in [0.3, 0.4) is 0 Å². The van der Waals surface area contributed by atoms with Gasteiger partial charge in [0.2, 0.25) is 5.91 Å². The summed E-state index contributed by atoms with van der Waals surface area (Å²) in [7, 11) is 0. The van der Waals surface area contributed by atoms with E-state index in [0.717, 1.165) is 57.5 Å². The van der Waals surface area contributed by atoms with Gasteiger partial charge >= 0.3 is 6.18 Å². The lowest BCUT2D eigenvalue weighted by Gasteiger charge is -2.43. The molecule has 1 aliphatic heterocycles. The number of halogens is 3. The molecular weight excluding hydrogens is 451 g/mol. The Morgan fingerprint density at radius 1 is 1.18 bits per heavy atom. The van der Waals surface area contributed by atoms with Gasteiger partial charge in [0.15, 0.2) is 0 Å². The summed E-state index contributed by atoms with van der Waals surface area (Å²) in [6.45, 7) is 7.26. The number of rotatable bonds is 8. The minimum absolute atomic E-state index is 0.00314. The lowest BCUT2D eigenvalue weighted by atomic mass is 9.93. The Morgan fingerprint density at radius 3 is 2.48 bits per heavy atom. The molecule has 1 saturated heterocycles. The molecule has 2 unspecified atom stereocenters. The summed E-state index contributed by atoms with van der Waals surface area (Å²) in [5.41, 5.74) is -0.181. The maximum atomic E-state index is 13.3. The first kappa shape index (κ1) is 25.6. The fourth-order valence-electron chi connectivity index (χ4n) is 4.39. The lowest BCUT2D eigenvalue weighted by molar-refractivity contribution is -0.137. The second kappa shape index (κ2) is 11.4. The maximum Gasteiger partial charge on any atom is 0.416 e. The maximum absolute atomic E-state index is 13.3. The van der Waals surface area contributed by atoms with Crippen molar-refractivity contribution in [3.05, 3.63) is 40.3 Å². The number of carbonyl (C=O) groups is 2. The van der Waals surface area contributed by atoms with Crippen molar-refractivity contribution in [3.63, 3.8) is 0 Å². The number of thioether (sulfide) groups is 1. The number of nitrogens with one attached hydrogen (secondary N) is 1. The molecule has 9 heteroatoms. The molecular formula is C24H32F3N3O2S. The third-order valence-electron chi connectivity index (χ3n) is 6.31. The van der Waals surface area contributed by atoms with Crippen molar-refractivity contribution in [3.8, 4) is 0 Å². The molecule has 1 aliphatic carbocycles. The van der Waals surface area contributed by atoms with Gasteiger partial charge in [-0.3, -0.25) is 9.59 Å². The van der Waals surface area contributed by atoms with Crippen LogP contribution in [0.4, 0.5) is 13.2 Å². The van der Waals surface area contributed by atoms with Gasteiger partial charge in [0.25, 0.3) is 5.91 Å². The Hall–Kier alpha value is -2.00. The molecule has 1 aromatic carbocycles. The Kier molecular flexibility index (Phi) is 8.87. The van der Waals surface area contributed by atoms with E-state index < -0.39 is 11.7 Å². The molecule has 0 bridgehead atoms. The van der Waals surface area contributed by atoms with Crippen molar-refractivity contribution in [2.24, 2.45) is 0 Å². The van der Waals surface area contributed by atoms with Gasteiger partial charge in [-0.15, -0.1) is 11.8 Å². The molecule has 0 spiro atoms. The van der Waals surface area contributed by atoms with Gasteiger partial charge in [0, 0.05) is 24.4 Å². The molecule has 1 saturated carbocycles. The number of carbonyl (C=O) groups excluding carboxylic acids is 2. The van der Waals surface area contributed by atoms with Gasteiger partial charge in [-0.2, -0.15) is 13.2 Å². The highest BCUT2D eigenvalue weighted by Gasteiger charge is 2.41. The molecule has 0 radical (unpaired) electrons. The van der Waals surface area contributed by atoms with E-state index in [9.17, 15) is 22.8 Å². The van der Waals surface area contributed by atoms with Crippen molar-refractivity contribution in [2.75, 3.05) is 32.7 Å². The average Bonchev–Trinajstić information content (AvgIpc) is 2.79. The first-order valence-electron chi connectivity index (χ1n) is 11.6. The highest BCUT2D eigenvalue weighted by Crippen LogP contribution is 2.42. The summed E-state index contributed by atoms with van der Waals surface area (Å²) in [5.74, 6) is -0.400. The zero-order valence-corrected chi connectivity index (χ0v) is 20.0. The van der Waals surface area contributed by atoms with E-state index in [2.05, 4.69) is 24.1 Å². The van der Waals surface area contributed by atoms with Gasteiger partial charge < -0.3 is 15.1 Å². The quantitative estimate of drug-likeness (QED) is 0.558. The van der Waals surface area contributed by atoms with E-state index in [1.54, 1.807) is 11.0 Å². The molecule has 3 rings (SSSR count). The van der Waals surface area contributed by atoms with E-state index in [-0.39, 0.29) is 29.7 Å². The van der Waals surface area contributed by atoms with Crippen LogP contribution in [0.1, 0.15) is 50.7 Å². The standard InChI is InChI=1S/C24H32F3N3O2S/c1-3-29(4-2)14-13-28-22(31)16-30-19-7-5-6-8-20(19)33-21(23(30)32)15-17-9-11-18(12-10-17)24(25,26)27/h9-12,15,19-20H,3-8,13-14,16H2,1-2H3,(H,28,31)/b21-15+. The van der Waals surface area contributed by atoms with Gasteiger partial charge in [0.05, 0.1) is 10.5 Å². The van der Waals surface area contributed by atoms with Crippen LogP contribution in [0, 0.1) is 0 Å². The Morgan fingerprint density at radius 2 is 1.85 bits per heavy atom. The number of nitrogens with zero attached hydrogens (tertiary/aromatic N) is 2. The van der Waals surface area contributed by atoms with Crippen molar-refractivity contribution in [2.45, 2.75) is 57.0 Å². The van der Waals surface area contributed by atoms with Crippen LogP contribution >= 0.6 is 11.8 Å². The Bertz CT molecular complexity index is 854. The van der Waals surface area contributed by atoms with Crippen molar-refractivity contribution in [1.29, 1.82) is 0 Å². The number of benzene rings is 1. The third-order valence-corrected chi connectivity index (χ3v) is 7.71. The number of hydrogen-bond donors (Lipinski definition) is 1. The van der Waals surface area contributed by atoms with Crippen LogP contribution in [0.15, 0.2) is 29.2 Å². The SMILES string of the molecule is CCN(CC)CCNC(=O)CN1C(=O)/C(=C\c2ccc(C(F)(F)F)cc2)SC2CCCCC21. The predicted octanol–water partition coefficient (Wildman–Crippen LogP) is 4.39. The number of fused-ring (bicyclic) bond motifs is 1. The molecule has 2 atom stereocenters.